The molecule has 0 aromatic heterocycles. The lowest BCUT2D eigenvalue weighted by Crippen LogP contribution is -2.11. The summed E-state index contributed by atoms with van der Waals surface area (Å²) in [5, 5.41) is 0. The summed E-state index contributed by atoms with van der Waals surface area (Å²) < 4.78 is 31.4. The van der Waals surface area contributed by atoms with Crippen LogP contribution in [0.5, 0.6) is 28.7 Å². The number of carbonyl (C=O) groups is 2. The fourth-order valence-corrected chi connectivity index (χ4v) is 14.7. The van der Waals surface area contributed by atoms with E-state index in [0.29, 0.717) is 82.4 Å². The Balaban J connectivity index is 1.00. The van der Waals surface area contributed by atoms with Gasteiger partial charge in [0.15, 0.2) is 5.75 Å². The normalized spacial score (nSPS) is 10.7. The van der Waals surface area contributed by atoms with Crippen molar-refractivity contribution in [1.29, 1.82) is 0 Å². The summed E-state index contributed by atoms with van der Waals surface area (Å²) in [4.78, 5) is 27.4. The van der Waals surface area contributed by atoms with Gasteiger partial charge in [-0.2, -0.15) is 0 Å². The van der Waals surface area contributed by atoms with Crippen molar-refractivity contribution >= 4 is 11.9 Å². The second-order valence-electron chi connectivity index (χ2n) is 32.4. The number of unbranched alkanes of at least 4 members (excludes halogenated alkanes) is 24. The molecule has 0 radical (unpaired) electrons. The molecule has 0 heterocycles. The van der Waals surface area contributed by atoms with Gasteiger partial charge in [-0.05, 0) is 257 Å². The van der Waals surface area contributed by atoms with Crippen molar-refractivity contribution in [1.82, 2.24) is 0 Å². The van der Waals surface area contributed by atoms with Crippen LogP contribution in [0.15, 0.2) is 188 Å². The number of esters is 2. The molecule has 121 heavy (non-hydrogen) atoms. The summed E-state index contributed by atoms with van der Waals surface area (Å²) in [5.41, 5.74) is 16.0. The van der Waals surface area contributed by atoms with Gasteiger partial charge in [0.25, 0.3) is 0 Å². The van der Waals surface area contributed by atoms with Crippen LogP contribution in [0, 0.1) is 59.2 Å². The lowest BCUT2D eigenvalue weighted by molar-refractivity contribution is 0.0718. The predicted octanol–water partition coefficient (Wildman–Crippen LogP) is 28.8. The second-order valence-corrected chi connectivity index (χ2v) is 32.4. The fraction of sp³-hybridized carbons (Fsp3) is 0.421. The molecule has 0 N–H and O–H groups in total. The van der Waals surface area contributed by atoms with Crippen LogP contribution in [0.25, 0.3) is 0 Å². The highest BCUT2D eigenvalue weighted by molar-refractivity contribution is 5.92. The lowest BCUT2D eigenvalue weighted by atomic mass is 9.89. The molecule has 0 aliphatic rings. The standard InChI is InChI=1S/C114H134O7/c1-8-15-22-37-86-117-103-75-71-100(72-76-103)113(115)120-105-79-85-111(121-114(116)101-73-77-104(78-74-101)118-87-38-23-16-9-2)102(89-105)45-36-29-27-25-24-26-28-30-39-88-119-112-109(83-69-98-62-52-93(53-63-98)43-34-20-13-6)107(81-67-96-58-48-91(49-59-96)41-32-18-11-4)106(80-66-95-56-46-90(47-57-95)40-31-17-10-3)108(82-68-97-60-50-92(51-61-97)42-33-19-12-5)110(112)84-70-99-64-54-94(55-65-99)44-35-21-14-7/h46-65,71-79,85,89H,8-45,86-88H2,1-7H3. The van der Waals surface area contributed by atoms with E-state index >= 15 is 0 Å². The highest BCUT2D eigenvalue weighted by Crippen LogP contribution is 2.36. The van der Waals surface area contributed by atoms with E-state index < -0.39 is 11.9 Å². The van der Waals surface area contributed by atoms with Crippen LogP contribution in [-0.2, 0) is 38.5 Å². The topological polar surface area (TPSA) is 80.3 Å². The highest BCUT2D eigenvalue weighted by atomic mass is 16.5. The molecule has 0 spiro atoms. The minimum absolute atomic E-state index is 0.385. The largest absolute Gasteiger partial charge is 0.494 e. The summed E-state index contributed by atoms with van der Waals surface area (Å²) in [7, 11) is 0. The van der Waals surface area contributed by atoms with Crippen LogP contribution in [0.2, 0.25) is 0 Å². The molecule has 632 valence electrons. The molecule has 0 amide bonds. The summed E-state index contributed by atoms with van der Waals surface area (Å²) in [6, 6.07) is 63.3. The molecule has 9 aromatic rings. The quantitative estimate of drug-likeness (QED) is 0.0163. The van der Waals surface area contributed by atoms with Crippen molar-refractivity contribution in [2.45, 2.75) is 292 Å². The number of aryl methyl sites for hydroxylation is 6. The minimum atomic E-state index is -0.475. The number of hydrogen-bond donors (Lipinski definition) is 0. The van der Waals surface area contributed by atoms with E-state index in [1.165, 1.54) is 111 Å². The van der Waals surface area contributed by atoms with Crippen molar-refractivity contribution in [3.63, 3.8) is 0 Å². The van der Waals surface area contributed by atoms with Gasteiger partial charge in [0, 0.05) is 27.8 Å². The molecule has 0 fully saturated rings. The Bertz CT molecular complexity index is 4720. The second kappa shape index (κ2) is 55.9. The molecule has 0 bridgehead atoms. The molecule has 9 aromatic carbocycles. The van der Waals surface area contributed by atoms with E-state index in [0.717, 1.165) is 199 Å². The average Bonchev–Trinajstić information content (AvgIpc) is 0.761. The van der Waals surface area contributed by atoms with Gasteiger partial charge in [-0.25, -0.2) is 9.59 Å². The van der Waals surface area contributed by atoms with Crippen molar-refractivity contribution < 1.29 is 33.3 Å². The molecule has 0 atom stereocenters. The number of rotatable bonds is 49. The highest BCUT2D eigenvalue weighted by Gasteiger charge is 2.24. The first-order valence-electron chi connectivity index (χ1n) is 46.5. The van der Waals surface area contributed by atoms with Crippen molar-refractivity contribution in [3.8, 4) is 88.0 Å². The molecule has 7 nitrogen and oxygen atoms in total. The smallest absolute Gasteiger partial charge is 0.343 e. The first kappa shape index (κ1) is 94.0. The van der Waals surface area contributed by atoms with Gasteiger partial charge < -0.3 is 23.7 Å². The number of hydrogen-bond acceptors (Lipinski definition) is 7. The van der Waals surface area contributed by atoms with Crippen molar-refractivity contribution in [2.75, 3.05) is 19.8 Å². The van der Waals surface area contributed by atoms with Gasteiger partial charge in [0.1, 0.15) is 23.0 Å². The van der Waals surface area contributed by atoms with Gasteiger partial charge >= 0.3 is 11.9 Å². The van der Waals surface area contributed by atoms with Crippen LogP contribution in [-0.4, -0.2) is 31.8 Å². The van der Waals surface area contributed by atoms with E-state index in [1.807, 2.05) is 30.3 Å². The third-order valence-corrected chi connectivity index (χ3v) is 22.2. The Hall–Kier alpha value is -10.9. The van der Waals surface area contributed by atoms with Gasteiger partial charge in [0.2, 0.25) is 0 Å². The Morgan fingerprint density at radius 1 is 0.231 bits per heavy atom. The Morgan fingerprint density at radius 3 is 0.818 bits per heavy atom. The zero-order valence-corrected chi connectivity index (χ0v) is 74.2. The van der Waals surface area contributed by atoms with Gasteiger partial charge in [-0.3, -0.25) is 0 Å². The van der Waals surface area contributed by atoms with Crippen LogP contribution >= 0.6 is 0 Å². The third kappa shape index (κ3) is 34.3. The first-order valence-corrected chi connectivity index (χ1v) is 46.5. The molecule has 0 aliphatic heterocycles. The predicted molar refractivity (Wildman–Crippen MR) is 504 cm³/mol. The SMILES string of the molecule is CCCCCCOc1ccc(C(=O)Oc2ccc(OC(=O)c3ccc(OCCCCCC)cc3)c(CCCCCCCCCCCOc3c(C#Cc4ccc(CCCCC)cc4)c(C#Cc4ccc(CCCCC)cc4)c(C#Cc4ccc(CCCCC)cc4)c(C#Cc4ccc(CCCCC)cc4)c3C#Cc3ccc(CCCCC)cc3)c2)cc1. The lowest BCUT2D eigenvalue weighted by Gasteiger charge is -2.17. The number of ether oxygens (including phenoxy) is 5. The zero-order valence-electron chi connectivity index (χ0n) is 74.2. The molecule has 9 rings (SSSR count). The fourth-order valence-electron chi connectivity index (χ4n) is 14.7. The molecule has 0 aliphatic carbocycles. The summed E-state index contributed by atoms with van der Waals surface area (Å²) in [6.07, 6.45) is 41.3. The van der Waals surface area contributed by atoms with E-state index in [9.17, 15) is 9.59 Å². The Labute approximate surface area is 729 Å². The third-order valence-electron chi connectivity index (χ3n) is 22.2. The summed E-state index contributed by atoms with van der Waals surface area (Å²) in [5.74, 6) is 39.0. The zero-order chi connectivity index (χ0) is 85.0. The van der Waals surface area contributed by atoms with E-state index in [2.05, 4.69) is 229 Å². The summed E-state index contributed by atoms with van der Waals surface area (Å²) >= 11 is 0. The van der Waals surface area contributed by atoms with E-state index in [1.54, 1.807) is 36.4 Å². The van der Waals surface area contributed by atoms with E-state index in [-0.39, 0.29) is 0 Å². The maximum Gasteiger partial charge on any atom is 0.343 e. The Kier molecular flexibility index (Phi) is 43.4. The number of benzene rings is 9. The van der Waals surface area contributed by atoms with Gasteiger partial charge in [-0.15, -0.1) is 0 Å². The minimum Gasteiger partial charge on any atom is -0.494 e. The van der Waals surface area contributed by atoms with Crippen molar-refractivity contribution in [2.24, 2.45) is 0 Å². The van der Waals surface area contributed by atoms with Gasteiger partial charge in [0.05, 0.1) is 58.8 Å². The molecule has 0 saturated carbocycles. The molecule has 7 heteroatoms. The monoisotopic (exact) mass is 1620 g/mol. The average molecular weight is 1620 g/mol. The van der Waals surface area contributed by atoms with Crippen LogP contribution in [0.3, 0.4) is 0 Å². The number of carbonyl (C=O) groups excluding carboxylic acids is 2. The van der Waals surface area contributed by atoms with Crippen LogP contribution in [0.1, 0.15) is 364 Å². The first-order chi connectivity index (χ1) is 59.6. The van der Waals surface area contributed by atoms with E-state index in [4.69, 9.17) is 23.7 Å². The van der Waals surface area contributed by atoms with Crippen LogP contribution < -0.4 is 23.7 Å². The molecule has 0 saturated heterocycles. The molecular formula is C114H134O7. The summed E-state index contributed by atoms with van der Waals surface area (Å²) in [6.45, 7) is 17.3. The molecule has 0 unspecified atom stereocenters. The van der Waals surface area contributed by atoms with Crippen LogP contribution in [0.4, 0.5) is 0 Å². The van der Waals surface area contributed by atoms with Gasteiger partial charge in [-0.1, -0.05) is 316 Å². The Morgan fingerprint density at radius 2 is 0.488 bits per heavy atom. The van der Waals surface area contributed by atoms with Crippen molar-refractivity contribution in [3.05, 3.63) is 288 Å². The molecular weight excluding hydrogens is 1480 g/mol. The maximum absolute atomic E-state index is 13.8. The maximum atomic E-state index is 13.8.